The Hall–Kier alpha value is -0.410. The fourth-order valence-electron chi connectivity index (χ4n) is 1.55. The fraction of sp³-hybridized carbons (Fsp3) is 0.917. The Morgan fingerprint density at radius 2 is 1.93 bits per heavy atom. The molecular weight excluding hydrogens is 188 g/mol. The summed E-state index contributed by atoms with van der Waals surface area (Å²) in [7, 11) is 1.96. The second-order valence-electron chi connectivity index (χ2n) is 4.07. The highest BCUT2D eigenvalue weighted by molar-refractivity contribution is 5.81. The van der Waals surface area contributed by atoms with Crippen molar-refractivity contribution in [3.05, 3.63) is 0 Å². The van der Waals surface area contributed by atoms with Gasteiger partial charge in [0, 0.05) is 0 Å². The second kappa shape index (κ2) is 10.1. The molecular formula is C12H26N2O. The van der Waals surface area contributed by atoms with Gasteiger partial charge in [0.05, 0.1) is 6.04 Å². The van der Waals surface area contributed by atoms with Crippen LogP contribution in [0.4, 0.5) is 0 Å². The Kier molecular flexibility index (Phi) is 9.84. The van der Waals surface area contributed by atoms with Crippen molar-refractivity contribution in [2.75, 3.05) is 20.1 Å². The van der Waals surface area contributed by atoms with Crippen molar-refractivity contribution in [1.29, 1.82) is 0 Å². The van der Waals surface area contributed by atoms with Gasteiger partial charge >= 0.3 is 0 Å². The third-order valence-electron chi connectivity index (χ3n) is 2.58. The summed E-state index contributed by atoms with van der Waals surface area (Å²) < 4.78 is 0. The number of nitrogens with one attached hydrogen (secondary N) is 2. The van der Waals surface area contributed by atoms with E-state index in [2.05, 4.69) is 17.6 Å². The predicted octanol–water partition coefficient (Wildman–Crippen LogP) is 1.72. The zero-order valence-corrected chi connectivity index (χ0v) is 10.4. The van der Waals surface area contributed by atoms with Gasteiger partial charge < -0.3 is 10.6 Å². The smallest absolute Gasteiger partial charge is 0.146 e. The first-order valence-corrected chi connectivity index (χ1v) is 6.10. The van der Waals surface area contributed by atoms with Crippen LogP contribution in [0.15, 0.2) is 0 Å². The van der Waals surface area contributed by atoms with E-state index in [0.717, 1.165) is 38.8 Å². The van der Waals surface area contributed by atoms with Crippen LogP contribution >= 0.6 is 0 Å². The minimum atomic E-state index is 0.0772. The predicted molar refractivity (Wildman–Crippen MR) is 65.2 cm³/mol. The maximum Gasteiger partial charge on any atom is 0.146 e. The van der Waals surface area contributed by atoms with Gasteiger partial charge in [0.15, 0.2) is 0 Å². The Balaban J connectivity index is 3.59. The summed E-state index contributed by atoms with van der Waals surface area (Å²) in [4.78, 5) is 11.3. The molecule has 0 aliphatic carbocycles. The summed E-state index contributed by atoms with van der Waals surface area (Å²) in [5.74, 6) is 0.274. The van der Waals surface area contributed by atoms with Gasteiger partial charge in [0.25, 0.3) is 0 Å². The van der Waals surface area contributed by atoms with Crippen molar-refractivity contribution in [3.8, 4) is 0 Å². The molecule has 0 aliphatic heterocycles. The van der Waals surface area contributed by atoms with Gasteiger partial charge in [0.1, 0.15) is 5.78 Å². The summed E-state index contributed by atoms with van der Waals surface area (Å²) in [5.41, 5.74) is 0. The highest BCUT2D eigenvalue weighted by Crippen LogP contribution is 2.02. The van der Waals surface area contributed by atoms with Gasteiger partial charge in [-0.25, -0.2) is 0 Å². The van der Waals surface area contributed by atoms with Crippen molar-refractivity contribution >= 4 is 5.78 Å². The van der Waals surface area contributed by atoms with E-state index >= 15 is 0 Å². The number of Topliss-reactive ketones (excluding diaryl/α,β-unsaturated/α-hetero) is 1. The minimum Gasteiger partial charge on any atom is -0.320 e. The zero-order chi connectivity index (χ0) is 11.5. The highest BCUT2D eigenvalue weighted by atomic mass is 16.1. The number of carbonyl (C=O) groups is 1. The molecule has 0 aromatic carbocycles. The Labute approximate surface area is 94.0 Å². The number of hydrogen-bond donors (Lipinski definition) is 2. The lowest BCUT2D eigenvalue weighted by atomic mass is 10.1. The molecule has 0 heterocycles. The SMILES string of the molecule is CCCCNC(CCCCNC)C(C)=O. The minimum absolute atomic E-state index is 0.0772. The number of hydrogen-bond acceptors (Lipinski definition) is 3. The van der Waals surface area contributed by atoms with Crippen LogP contribution in [0.2, 0.25) is 0 Å². The molecule has 0 aliphatic rings. The van der Waals surface area contributed by atoms with Crippen molar-refractivity contribution in [2.45, 2.75) is 52.0 Å². The lowest BCUT2D eigenvalue weighted by Crippen LogP contribution is -2.36. The van der Waals surface area contributed by atoms with Crippen LogP contribution in [0.1, 0.15) is 46.0 Å². The van der Waals surface area contributed by atoms with E-state index in [1.807, 2.05) is 7.05 Å². The Morgan fingerprint density at radius 1 is 1.20 bits per heavy atom. The van der Waals surface area contributed by atoms with Gasteiger partial charge in [-0.3, -0.25) is 4.79 Å². The summed E-state index contributed by atoms with van der Waals surface area (Å²) in [6.45, 7) is 5.85. The number of rotatable bonds is 10. The molecule has 1 unspecified atom stereocenters. The van der Waals surface area contributed by atoms with Crippen molar-refractivity contribution in [1.82, 2.24) is 10.6 Å². The molecule has 0 radical (unpaired) electrons. The molecule has 3 heteroatoms. The molecule has 2 N–H and O–H groups in total. The van der Waals surface area contributed by atoms with Gasteiger partial charge in [-0.05, 0) is 46.3 Å². The largest absolute Gasteiger partial charge is 0.320 e. The third kappa shape index (κ3) is 8.58. The summed E-state index contributed by atoms with van der Waals surface area (Å²) >= 11 is 0. The van der Waals surface area contributed by atoms with Crippen molar-refractivity contribution in [2.24, 2.45) is 0 Å². The first kappa shape index (κ1) is 14.6. The maximum atomic E-state index is 11.3. The van der Waals surface area contributed by atoms with E-state index in [0.29, 0.717) is 0 Å². The average molecular weight is 214 g/mol. The third-order valence-corrected chi connectivity index (χ3v) is 2.58. The molecule has 1 atom stereocenters. The molecule has 90 valence electrons. The molecule has 3 nitrogen and oxygen atoms in total. The zero-order valence-electron chi connectivity index (χ0n) is 10.4. The summed E-state index contributed by atoms with van der Waals surface area (Å²) in [6, 6.07) is 0.0772. The van der Waals surface area contributed by atoms with Crippen molar-refractivity contribution < 1.29 is 4.79 Å². The number of unbranched alkanes of at least 4 members (excludes halogenated alkanes) is 2. The molecule has 0 rings (SSSR count). The molecule has 0 aromatic heterocycles. The second-order valence-corrected chi connectivity index (χ2v) is 4.07. The van der Waals surface area contributed by atoms with Crippen LogP contribution in [0.3, 0.4) is 0 Å². The Morgan fingerprint density at radius 3 is 2.47 bits per heavy atom. The van der Waals surface area contributed by atoms with Crippen LogP contribution in [0.25, 0.3) is 0 Å². The Bertz CT molecular complexity index is 160. The highest BCUT2D eigenvalue weighted by Gasteiger charge is 2.11. The molecule has 0 saturated carbocycles. The molecule has 0 amide bonds. The maximum absolute atomic E-state index is 11.3. The molecule has 0 saturated heterocycles. The van der Waals surface area contributed by atoms with Gasteiger partial charge in [-0.2, -0.15) is 0 Å². The number of ketones is 1. The normalized spacial score (nSPS) is 12.7. The van der Waals surface area contributed by atoms with E-state index in [1.165, 1.54) is 6.42 Å². The lowest BCUT2D eigenvalue weighted by Gasteiger charge is -2.15. The summed E-state index contributed by atoms with van der Waals surface area (Å²) in [6.07, 6.45) is 5.57. The quantitative estimate of drug-likeness (QED) is 0.544. The average Bonchev–Trinajstić information content (AvgIpc) is 2.21. The molecule has 0 bridgehead atoms. The van der Waals surface area contributed by atoms with Crippen LogP contribution in [-0.4, -0.2) is 32.0 Å². The topological polar surface area (TPSA) is 41.1 Å². The van der Waals surface area contributed by atoms with Crippen LogP contribution < -0.4 is 10.6 Å². The van der Waals surface area contributed by atoms with E-state index < -0.39 is 0 Å². The standard InChI is InChI=1S/C12H26N2O/c1-4-5-10-14-12(11(2)15)8-6-7-9-13-3/h12-14H,4-10H2,1-3H3. The van der Waals surface area contributed by atoms with Crippen LogP contribution in [0, 0.1) is 0 Å². The fourth-order valence-corrected chi connectivity index (χ4v) is 1.55. The first-order valence-electron chi connectivity index (χ1n) is 6.10. The van der Waals surface area contributed by atoms with E-state index in [1.54, 1.807) is 6.92 Å². The first-order chi connectivity index (χ1) is 7.22. The van der Waals surface area contributed by atoms with Gasteiger partial charge in [0.2, 0.25) is 0 Å². The summed E-state index contributed by atoms with van der Waals surface area (Å²) in [5, 5.41) is 6.44. The number of carbonyl (C=O) groups excluding carboxylic acids is 1. The van der Waals surface area contributed by atoms with Gasteiger partial charge in [-0.15, -0.1) is 0 Å². The molecule has 0 spiro atoms. The van der Waals surface area contributed by atoms with Crippen LogP contribution in [-0.2, 0) is 4.79 Å². The molecule has 15 heavy (non-hydrogen) atoms. The van der Waals surface area contributed by atoms with Crippen molar-refractivity contribution in [3.63, 3.8) is 0 Å². The van der Waals surface area contributed by atoms with Gasteiger partial charge in [-0.1, -0.05) is 19.8 Å². The molecule has 0 fully saturated rings. The molecule has 0 aromatic rings. The van der Waals surface area contributed by atoms with Crippen LogP contribution in [0.5, 0.6) is 0 Å². The van der Waals surface area contributed by atoms with E-state index in [9.17, 15) is 4.79 Å². The lowest BCUT2D eigenvalue weighted by molar-refractivity contribution is -0.119. The van der Waals surface area contributed by atoms with E-state index in [4.69, 9.17) is 0 Å². The monoisotopic (exact) mass is 214 g/mol. The van der Waals surface area contributed by atoms with E-state index in [-0.39, 0.29) is 11.8 Å².